The van der Waals surface area contributed by atoms with E-state index in [-0.39, 0.29) is 133 Å². The highest BCUT2D eigenvalue weighted by molar-refractivity contribution is 7.27. The smallest absolute Gasteiger partial charge is 0.238 e. The third kappa shape index (κ3) is 9.45. The van der Waals surface area contributed by atoms with E-state index >= 15 is 0 Å². The minimum atomic E-state index is -0.811. The molecule has 0 saturated heterocycles. The van der Waals surface area contributed by atoms with Gasteiger partial charge in [0.1, 0.15) is 0 Å². The molecule has 476 valence electrons. The van der Waals surface area contributed by atoms with Gasteiger partial charge in [0.15, 0.2) is 23.3 Å². The lowest BCUT2D eigenvalue weighted by Crippen LogP contribution is -2.06. The highest BCUT2D eigenvalue weighted by Crippen LogP contribution is 2.48. The van der Waals surface area contributed by atoms with Crippen LogP contribution >= 0.6 is 45.3 Å². The topological polar surface area (TPSA) is 87.2 Å². The first-order valence-corrected chi connectivity index (χ1v) is 33.8. The van der Waals surface area contributed by atoms with Gasteiger partial charge in [-0.15, -0.1) is 45.3 Å². The van der Waals surface area contributed by atoms with Crippen LogP contribution in [0.4, 0.5) is 0 Å². The molecule has 0 radical (unpaired) electrons. The fourth-order valence-corrected chi connectivity index (χ4v) is 16.8. The van der Waals surface area contributed by atoms with Crippen molar-refractivity contribution in [1.82, 2.24) is 39.0 Å². The van der Waals surface area contributed by atoms with Crippen molar-refractivity contribution in [2.24, 2.45) is 0 Å². The molecule has 0 aliphatic heterocycles. The van der Waals surface area contributed by atoms with E-state index in [1.54, 1.807) is 66.7 Å². The van der Waals surface area contributed by atoms with Gasteiger partial charge in [-0.05, 0) is 94.8 Å². The van der Waals surface area contributed by atoms with Crippen molar-refractivity contribution in [1.29, 1.82) is 0 Å². The molecule has 0 fully saturated rings. The molecular formula is C90H52N8S4. The Balaban J connectivity index is 0.000000169. The number of fused-ring (bicyclic) bond motifs is 20. The van der Waals surface area contributed by atoms with Gasteiger partial charge in [-0.1, -0.05) is 242 Å². The first-order chi connectivity index (χ1) is 67.6. The van der Waals surface area contributed by atoms with Crippen LogP contribution in [0.15, 0.2) is 314 Å². The van der Waals surface area contributed by atoms with Gasteiger partial charge < -0.3 is 0 Å². The second-order valence-electron chi connectivity index (χ2n) is 22.5. The van der Waals surface area contributed by atoms with Gasteiger partial charge in [-0.25, -0.2) is 9.97 Å². The van der Waals surface area contributed by atoms with Crippen molar-refractivity contribution in [2.45, 2.75) is 0 Å². The average Bonchev–Trinajstić information content (AvgIpc) is 1.52. The van der Waals surface area contributed by atoms with Crippen molar-refractivity contribution in [3.8, 4) is 79.7 Å². The lowest BCUT2D eigenvalue weighted by molar-refractivity contribution is 0.953. The van der Waals surface area contributed by atoms with Crippen LogP contribution in [-0.4, -0.2) is 39.0 Å². The summed E-state index contributed by atoms with van der Waals surface area (Å²) in [6, 6.07) is -6.11. The second kappa shape index (κ2) is 23.6. The van der Waals surface area contributed by atoms with Gasteiger partial charge in [0.05, 0.1) is 78.3 Å². The van der Waals surface area contributed by atoms with E-state index in [4.69, 9.17) is 46.1 Å². The standard InChI is InChI=1S/2C45H26N4S2/c2*1-3-12-27(13-4-1)30-18-11-21-37-40(30)33-23-22-29(26-39(33)51-37)44-46-43(28-14-5-2-6-15-28)47-45(48-44)49-34-19-9-7-16-31(34)41-35(49)24-25-38-42(41)32-17-8-10-20-36(32)50-38/h2*1-26H/i2D,5D,6D,7D,8D,9D,10D,11D,14D,15D,16D,17D,18D,19D,20D,21D,22D,23D,24D,25D,26D;1D,2D,3D,4D,5D,6D,7D,8D,9D,10D,12D,13D,14D,15D,16D,17D,19D,20D,24D,25D. The molecule has 8 heterocycles. The number of benzene rings is 14. The number of hydrogen-bond donors (Lipinski definition) is 0. The predicted molar refractivity (Wildman–Crippen MR) is 433 cm³/mol. The molecule has 0 aliphatic rings. The minimum absolute atomic E-state index is 0.0000712. The van der Waals surface area contributed by atoms with E-state index in [2.05, 4.69) is 24.9 Å². The Hall–Kier alpha value is -12.4. The first kappa shape index (κ1) is 31.0. The fraction of sp³-hybridized carbons (Fsp3) is 0. The Bertz CT molecular complexity index is 9690. The minimum Gasteiger partial charge on any atom is -0.278 e. The summed E-state index contributed by atoms with van der Waals surface area (Å²) in [6.45, 7) is 0. The van der Waals surface area contributed by atoms with Crippen LogP contribution in [0.3, 0.4) is 0 Å². The van der Waals surface area contributed by atoms with E-state index in [9.17, 15) is 15.1 Å². The summed E-state index contributed by atoms with van der Waals surface area (Å²) >= 11 is 3.74. The van der Waals surface area contributed by atoms with E-state index in [0.29, 0.717) is 31.3 Å². The van der Waals surface area contributed by atoms with E-state index in [1.165, 1.54) is 11.3 Å². The molecule has 0 bridgehead atoms. The molecule has 0 N–H and O–H groups in total. The summed E-state index contributed by atoms with van der Waals surface area (Å²) in [4.78, 5) is 27.9. The van der Waals surface area contributed by atoms with E-state index < -0.39 is 287 Å². The molecule has 0 saturated carbocycles. The number of rotatable bonds is 8. The molecule has 102 heavy (non-hydrogen) atoms. The zero-order valence-corrected chi connectivity index (χ0v) is 54.3. The average molecular weight is 1410 g/mol. The Labute approximate surface area is 656 Å². The number of hydrogen-bond acceptors (Lipinski definition) is 10. The Morgan fingerprint density at radius 1 is 0.235 bits per heavy atom. The largest absolute Gasteiger partial charge is 0.278 e. The maximum atomic E-state index is 9.73. The Morgan fingerprint density at radius 2 is 0.706 bits per heavy atom. The van der Waals surface area contributed by atoms with Crippen LogP contribution in [-0.2, 0) is 0 Å². The predicted octanol–water partition coefficient (Wildman–Crippen LogP) is 25.4. The number of thiophene rings is 4. The first-order valence-electron chi connectivity index (χ1n) is 51.1. The Kier molecular flexibility index (Phi) is 7.18. The van der Waals surface area contributed by atoms with Crippen LogP contribution in [0, 0.1) is 0 Å². The van der Waals surface area contributed by atoms with Crippen molar-refractivity contribution in [3.63, 3.8) is 0 Å². The second-order valence-corrected chi connectivity index (χ2v) is 26.7. The van der Waals surface area contributed by atoms with Gasteiger partial charge in [0.2, 0.25) is 11.9 Å². The number of nitrogens with zero attached hydrogens (tertiary/aromatic N) is 8. The fourth-order valence-electron chi connectivity index (χ4n) is 12.7. The summed E-state index contributed by atoms with van der Waals surface area (Å²) in [5.41, 5.74) is -1.67. The molecule has 12 heteroatoms. The molecule has 0 atom stereocenters. The molecule has 8 nitrogen and oxygen atoms in total. The molecule has 8 aromatic heterocycles. The van der Waals surface area contributed by atoms with E-state index in [1.807, 2.05) is 0 Å². The van der Waals surface area contributed by atoms with Gasteiger partial charge in [0, 0.05) is 124 Å². The van der Waals surface area contributed by atoms with Crippen molar-refractivity contribution in [2.75, 3.05) is 0 Å². The molecule has 0 amide bonds. The number of para-hydroxylation sites is 2. The third-order valence-electron chi connectivity index (χ3n) is 16.9. The highest BCUT2D eigenvalue weighted by atomic mass is 32.1. The Morgan fingerprint density at radius 3 is 1.30 bits per heavy atom. The molecule has 0 unspecified atom stereocenters. The molecule has 0 aliphatic carbocycles. The van der Waals surface area contributed by atoms with Crippen LogP contribution in [0.25, 0.3) is 204 Å². The summed E-state index contributed by atoms with van der Waals surface area (Å²) in [5.74, 6) is -3.14. The lowest BCUT2D eigenvalue weighted by Gasteiger charge is -2.11. The highest BCUT2D eigenvalue weighted by Gasteiger charge is 2.25. The lowest BCUT2D eigenvalue weighted by atomic mass is 9.99. The van der Waals surface area contributed by atoms with Crippen LogP contribution < -0.4 is 0 Å². The van der Waals surface area contributed by atoms with Gasteiger partial charge in [-0.3, -0.25) is 9.13 Å². The van der Waals surface area contributed by atoms with Crippen molar-refractivity contribution < 1.29 is 56.2 Å². The molecule has 14 aromatic carbocycles. The monoisotopic (exact) mass is 1410 g/mol. The van der Waals surface area contributed by atoms with E-state index in [0.717, 1.165) is 43.1 Å². The van der Waals surface area contributed by atoms with Gasteiger partial charge in [-0.2, -0.15) is 19.9 Å². The molecular weight excluding hydrogens is 1320 g/mol. The normalized spacial score (nSPS) is 17.5. The van der Waals surface area contributed by atoms with Crippen LogP contribution in [0.1, 0.15) is 56.2 Å². The summed E-state index contributed by atoms with van der Waals surface area (Å²) < 4.78 is 367. The van der Waals surface area contributed by atoms with Crippen molar-refractivity contribution in [3.05, 3.63) is 314 Å². The van der Waals surface area contributed by atoms with Gasteiger partial charge >= 0.3 is 0 Å². The SMILES string of the molecule is [2H]c1c([2H])c([2H])c(-c2nc(-c3c([2H])c([2H])c4c(sc5c([2H])c([2H])c([2H])c(-c6ccccc6)c54)c3[2H])nc(-n3c4c([2H])c([2H])c([2H])c([2H])c4c4c5c(sc6c([2H])c([2H])c([2H])c([2H])c65)c([2H])c([2H])c43)n2)c([2H])c1[2H].[2H]c1c([2H])c([2H])c(-c2nc(-c3ccc4c(c3)sc3cccc(-c5c([2H])c([2H])c([2H])c([2H])c5[2H])c34)nc(-n3c4c([2H])c([2H])c([2H])c([2H])c4c4c5c(sc6c([2H])c([2H])c([2H])c([2H])c65)c([2H])c([2H])c43)n2)c([2H])c1[2H]. The van der Waals surface area contributed by atoms with Gasteiger partial charge in [0.25, 0.3) is 0 Å². The zero-order valence-electron chi connectivity index (χ0n) is 92.1. The van der Waals surface area contributed by atoms with Crippen LogP contribution in [0.2, 0.25) is 0 Å². The molecule has 0 spiro atoms. The van der Waals surface area contributed by atoms with Crippen LogP contribution in [0.5, 0.6) is 0 Å². The number of aromatic nitrogens is 8. The summed E-state index contributed by atoms with van der Waals surface area (Å²) in [7, 11) is 0. The zero-order chi connectivity index (χ0) is 103. The summed E-state index contributed by atoms with van der Waals surface area (Å²) in [5, 5.41) is 0.423. The maximum absolute atomic E-state index is 9.73. The maximum Gasteiger partial charge on any atom is 0.238 e. The third-order valence-corrected chi connectivity index (χ3v) is 21.1. The van der Waals surface area contributed by atoms with Crippen molar-refractivity contribution >= 4 is 170 Å². The summed E-state index contributed by atoms with van der Waals surface area (Å²) in [6.07, 6.45) is 0. The quantitative estimate of drug-likeness (QED) is 0.151. The molecule has 22 aromatic rings. The molecule has 22 rings (SSSR count).